The average molecular weight is 362 g/mol. The minimum Gasteiger partial charge on any atom is -0.504 e. The molecule has 1 aromatic heterocycles. The molecule has 0 fully saturated rings. The maximum Gasteiger partial charge on any atom is 0.300 e. The second-order valence-electron chi connectivity index (χ2n) is 5.80. The zero-order valence-corrected chi connectivity index (χ0v) is 16.1. The van der Waals surface area contributed by atoms with Gasteiger partial charge in [-0.2, -0.15) is 0 Å². The molecular formula is C20H27NO3S. The van der Waals surface area contributed by atoms with Crippen molar-refractivity contribution in [3.05, 3.63) is 58.3 Å². The predicted octanol–water partition coefficient (Wildman–Crippen LogP) is 5.42. The van der Waals surface area contributed by atoms with E-state index < -0.39 is 5.97 Å². The topological polar surface area (TPSA) is 59.4 Å². The third-order valence-electron chi connectivity index (χ3n) is 3.51. The van der Waals surface area contributed by atoms with Gasteiger partial charge in [-0.1, -0.05) is 50.6 Å². The number of aromatic nitrogens is 1. The summed E-state index contributed by atoms with van der Waals surface area (Å²) >= 11 is 1.76. The number of ether oxygens (including phenoxy) is 1. The minimum atomic E-state index is -0.833. The second-order valence-corrected chi connectivity index (χ2v) is 6.69. The summed E-state index contributed by atoms with van der Waals surface area (Å²) < 4.78 is 5.13. The molecule has 136 valence electrons. The normalized spacial score (nSPS) is 18.9. The first-order valence-corrected chi connectivity index (χ1v) is 9.26. The number of allylic oxidation sites excluding steroid dienone is 6. The van der Waals surface area contributed by atoms with Crippen molar-refractivity contribution in [2.45, 2.75) is 39.5 Å². The number of thiazole rings is 1. The first kappa shape index (κ1) is 20.9. The van der Waals surface area contributed by atoms with Crippen LogP contribution >= 0.6 is 11.3 Å². The molecule has 1 aliphatic carbocycles. The Morgan fingerprint density at radius 1 is 1.48 bits per heavy atom. The van der Waals surface area contributed by atoms with E-state index in [-0.39, 0.29) is 5.92 Å². The van der Waals surface area contributed by atoms with Crippen LogP contribution in [0, 0.1) is 5.92 Å². The van der Waals surface area contributed by atoms with E-state index in [4.69, 9.17) is 19.6 Å². The molecule has 1 aromatic rings. The first-order chi connectivity index (χ1) is 12.0. The van der Waals surface area contributed by atoms with Gasteiger partial charge in [-0.3, -0.25) is 4.79 Å². The Kier molecular flexibility index (Phi) is 9.55. The van der Waals surface area contributed by atoms with Crippen LogP contribution in [-0.2, 0) is 9.53 Å². The van der Waals surface area contributed by atoms with Crippen LogP contribution in [0.2, 0.25) is 0 Å². The summed E-state index contributed by atoms with van der Waals surface area (Å²) in [5.74, 6) is -0.0169. The zero-order chi connectivity index (χ0) is 18.7. The summed E-state index contributed by atoms with van der Waals surface area (Å²) in [4.78, 5) is 13.7. The summed E-state index contributed by atoms with van der Waals surface area (Å²) in [5, 5.41) is 10.8. The third kappa shape index (κ3) is 7.98. The Hall–Kier alpha value is -2.14. The lowest BCUT2D eigenvalue weighted by atomic mass is 9.95. The molecule has 1 heterocycles. The number of nitrogens with zero attached hydrogens (tertiary/aromatic N) is 1. The molecule has 0 radical (unpaired) electrons. The van der Waals surface area contributed by atoms with Crippen molar-refractivity contribution in [2.24, 2.45) is 5.92 Å². The molecule has 5 heteroatoms. The Balaban J connectivity index is 0.000000705. The van der Waals surface area contributed by atoms with E-state index in [2.05, 4.69) is 49.6 Å². The Bertz CT molecular complexity index is 652. The van der Waals surface area contributed by atoms with Gasteiger partial charge in [0.05, 0.1) is 24.1 Å². The van der Waals surface area contributed by atoms with Crippen LogP contribution in [0.5, 0.6) is 0 Å². The number of rotatable bonds is 6. The highest BCUT2D eigenvalue weighted by molar-refractivity contribution is 7.09. The smallest absolute Gasteiger partial charge is 0.300 e. The summed E-state index contributed by atoms with van der Waals surface area (Å²) in [6.45, 7) is 5.56. The fourth-order valence-electron chi connectivity index (χ4n) is 2.36. The van der Waals surface area contributed by atoms with E-state index in [1.165, 1.54) is 17.8 Å². The molecule has 0 amide bonds. The van der Waals surface area contributed by atoms with Gasteiger partial charge in [-0.05, 0) is 18.1 Å². The van der Waals surface area contributed by atoms with E-state index in [9.17, 15) is 0 Å². The van der Waals surface area contributed by atoms with Gasteiger partial charge in [0, 0.05) is 24.1 Å². The lowest BCUT2D eigenvalue weighted by molar-refractivity contribution is -0.134. The number of methoxy groups -OCH3 is 1. The van der Waals surface area contributed by atoms with Crippen molar-refractivity contribution in [3.63, 3.8) is 0 Å². The van der Waals surface area contributed by atoms with Gasteiger partial charge in [-0.15, -0.1) is 11.3 Å². The molecule has 0 aliphatic heterocycles. The number of carbonyl (C=O) groups is 1. The van der Waals surface area contributed by atoms with Crippen LogP contribution < -0.4 is 0 Å². The molecule has 4 nitrogen and oxygen atoms in total. The fourth-order valence-corrected chi connectivity index (χ4v) is 3.25. The maximum absolute atomic E-state index is 9.00. The SMILES string of the molecule is CC(=O)O.CCCC(C)c1nc(C=CC2C=CC=CC2=COC)cs1. The van der Waals surface area contributed by atoms with E-state index >= 15 is 0 Å². The van der Waals surface area contributed by atoms with Crippen molar-refractivity contribution >= 4 is 23.4 Å². The molecular weight excluding hydrogens is 334 g/mol. The minimum absolute atomic E-state index is 0.258. The molecule has 0 saturated heterocycles. The number of aliphatic carboxylic acids is 1. The van der Waals surface area contributed by atoms with Crippen molar-refractivity contribution in [1.29, 1.82) is 0 Å². The molecule has 0 bridgehead atoms. The predicted molar refractivity (Wildman–Crippen MR) is 105 cm³/mol. The molecule has 1 aliphatic rings. The second kappa shape index (κ2) is 11.4. The number of hydrogen-bond donors (Lipinski definition) is 1. The van der Waals surface area contributed by atoms with Crippen molar-refractivity contribution in [2.75, 3.05) is 7.11 Å². The molecule has 2 unspecified atom stereocenters. The van der Waals surface area contributed by atoms with Crippen molar-refractivity contribution in [1.82, 2.24) is 4.98 Å². The maximum atomic E-state index is 9.00. The molecule has 2 rings (SSSR count). The number of hydrogen-bond acceptors (Lipinski definition) is 4. The molecule has 1 N–H and O–H groups in total. The highest BCUT2D eigenvalue weighted by Gasteiger charge is 2.10. The van der Waals surface area contributed by atoms with Crippen LogP contribution in [0.3, 0.4) is 0 Å². The highest BCUT2D eigenvalue weighted by Crippen LogP contribution is 2.26. The largest absolute Gasteiger partial charge is 0.504 e. The summed E-state index contributed by atoms with van der Waals surface area (Å²) in [5.41, 5.74) is 2.21. The molecule has 0 spiro atoms. The summed E-state index contributed by atoms with van der Waals surface area (Å²) in [7, 11) is 1.68. The van der Waals surface area contributed by atoms with Gasteiger partial charge < -0.3 is 9.84 Å². The van der Waals surface area contributed by atoms with Crippen molar-refractivity contribution < 1.29 is 14.6 Å². The number of carboxylic acid groups (broad SMARTS) is 1. The standard InChI is InChI=1S/C18H23NOS.C2H4O2/c1-4-7-14(2)18-19-17(13-21-18)11-10-15-8-5-6-9-16(15)12-20-3;1-2(3)4/h5-6,8-15H,4,7H2,1-3H3;1H3,(H,3,4). The van der Waals surface area contributed by atoms with Gasteiger partial charge in [-0.25, -0.2) is 4.98 Å². The number of carboxylic acids is 1. The average Bonchev–Trinajstić information content (AvgIpc) is 3.03. The Labute approximate surface area is 154 Å². The van der Waals surface area contributed by atoms with Crippen LogP contribution in [0.1, 0.15) is 50.2 Å². The highest BCUT2D eigenvalue weighted by atomic mass is 32.1. The van der Waals surface area contributed by atoms with Gasteiger partial charge in [0.15, 0.2) is 0 Å². The van der Waals surface area contributed by atoms with Crippen LogP contribution in [0.15, 0.2) is 47.6 Å². The molecule has 0 saturated carbocycles. The lowest BCUT2D eigenvalue weighted by Gasteiger charge is -2.11. The van der Waals surface area contributed by atoms with Crippen LogP contribution in [-0.4, -0.2) is 23.2 Å². The summed E-state index contributed by atoms with van der Waals surface area (Å²) in [6.07, 6.45) is 16.8. The molecule has 25 heavy (non-hydrogen) atoms. The van der Waals surface area contributed by atoms with E-state index in [1.54, 1.807) is 24.7 Å². The fraction of sp³-hybridized carbons (Fsp3) is 0.400. The van der Waals surface area contributed by atoms with E-state index in [0.717, 1.165) is 18.2 Å². The van der Waals surface area contributed by atoms with Crippen LogP contribution in [0.25, 0.3) is 6.08 Å². The Morgan fingerprint density at radius 3 is 2.84 bits per heavy atom. The summed E-state index contributed by atoms with van der Waals surface area (Å²) in [6, 6.07) is 0. The van der Waals surface area contributed by atoms with Gasteiger partial charge in [0.25, 0.3) is 5.97 Å². The molecule has 0 aromatic carbocycles. The van der Waals surface area contributed by atoms with E-state index in [1.807, 2.05) is 6.08 Å². The monoisotopic (exact) mass is 361 g/mol. The zero-order valence-electron chi connectivity index (χ0n) is 15.3. The van der Waals surface area contributed by atoms with Gasteiger partial charge in [0.1, 0.15) is 0 Å². The van der Waals surface area contributed by atoms with Gasteiger partial charge >= 0.3 is 0 Å². The van der Waals surface area contributed by atoms with Crippen LogP contribution in [0.4, 0.5) is 0 Å². The third-order valence-corrected chi connectivity index (χ3v) is 4.61. The first-order valence-electron chi connectivity index (χ1n) is 8.38. The Morgan fingerprint density at radius 2 is 2.20 bits per heavy atom. The van der Waals surface area contributed by atoms with Gasteiger partial charge in [0.2, 0.25) is 0 Å². The van der Waals surface area contributed by atoms with E-state index in [0.29, 0.717) is 5.92 Å². The molecule has 2 atom stereocenters. The lowest BCUT2D eigenvalue weighted by Crippen LogP contribution is -1.98. The quantitative estimate of drug-likeness (QED) is 0.687. The van der Waals surface area contributed by atoms with Crippen molar-refractivity contribution in [3.8, 4) is 0 Å².